The highest BCUT2D eigenvalue weighted by molar-refractivity contribution is 7.80. The van der Waals surface area contributed by atoms with E-state index in [4.69, 9.17) is 12.2 Å². The van der Waals surface area contributed by atoms with Crippen molar-refractivity contribution in [1.29, 1.82) is 0 Å². The Kier molecular flexibility index (Phi) is 6.29. The topological polar surface area (TPSA) is 134 Å². The first-order chi connectivity index (χ1) is 16.1. The number of thiocarbonyl (C=S) groups is 1. The van der Waals surface area contributed by atoms with Gasteiger partial charge in [0.1, 0.15) is 11.7 Å². The van der Waals surface area contributed by atoms with Crippen molar-refractivity contribution in [3.05, 3.63) is 68.3 Å². The van der Waals surface area contributed by atoms with Crippen LogP contribution in [0.5, 0.6) is 0 Å². The van der Waals surface area contributed by atoms with Crippen molar-refractivity contribution in [2.45, 2.75) is 45.8 Å². The van der Waals surface area contributed by atoms with Crippen molar-refractivity contribution in [2.75, 3.05) is 5.32 Å². The summed E-state index contributed by atoms with van der Waals surface area (Å²) in [5.74, 6) is -1.01. The van der Waals surface area contributed by atoms with Crippen LogP contribution in [0.2, 0.25) is 0 Å². The van der Waals surface area contributed by atoms with E-state index < -0.39 is 16.9 Å². The van der Waals surface area contributed by atoms with Gasteiger partial charge in [-0.05, 0) is 66.9 Å². The molecule has 2 aromatic rings. The molecule has 3 amide bonds. The van der Waals surface area contributed by atoms with E-state index >= 15 is 0 Å². The summed E-state index contributed by atoms with van der Waals surface area (Å²) >= 11 is 5.32. The lowest BCUT2D eigenvalue weighted by Crippen LogP contribution is -2.52. The van der Waals surface area contributed by atoms with Gasteiger partial charge >= 0.3 is 0 Å². The van der Waals surface area contributed by atoms with Crippen molar-refractivity contribution < 1.29 is 19.3 Å². The minimum atomic E-state index is -0.662. The van der Waals surface area contributed by atoms with Crippen molar-refractivity contribution in [2.24, 2.45) is 0 Å². The van der Waals surface area contributed by atoms with E-state index in [0.717, 1.165) is 22.3 Å². The number of anilines is 1. The SMILES string of the molecule is Cc1cc(NC(=S)NCc2ccc3c(c2)CN(C2CCC(=O)NC2=O)C3=O)c([N+](=O)[O-])cc1C. The molecule has 176 valence electrons. The molecule has 0 aliphatic carbocycles. The zero-order chi connectivity index (χ0) is 24.6. The lowest BCUT2D eigenvalue weighted by atomic mass is 10.0. The van der Waals surface area contributed by atoms with Gasteiger partial charge in [0, 0.05) is 31.1 Å². The predicted molar refractivity (Wildman–Crippen MR) is 128 cm³/mol. The maximum Gasteiger partial charge on any atom is 0.293 e. The molecule has 1 atom stereocenters. The van der Waals surface area contributed by atoms with Crippen LogP contribution in [-0.2, 0) is 22.7 Å². The Hall–Kier alpha value is -3.86. The Morgan fingerprint density at radius 1 is 1.21 bits per heavy atom. The van der Waals surface area contributed by atoms with E-state index in [9.17, 15) is 24.5 Å². The Bertz CT molecular complexity index is 1240. The van der Waals surface area contributed by atoms with Gasteiger partial charge < -0.3 is 15.5 Å². The molecule has 0 aromatic heterocycles. The van der Waals surface area contributed by atoms with Crippen molar-refractivity contribution in [1.82, 2.24) is 15.5 Å². The van der Waals surface area contributed by atoms with Crippen LogP contribution in [0.3, 0.4) is 0 Å². The molecular weight excluding hydrogens is 458 g/mol. The molecule has 11 heteroatoms. The number of nitrogens with one attached hydrogen (secondary N) is 3. The predicted octanol–water partition coefficient (Wildman–Crippen LogP) is 2.46. The van der Waals surface area contributed by atoms with E-state index in [-0.39, 0.29) is 35.6 Å². The standard InChI is InChI=1S/C23H23N5O5S/c1-12-7-17(19(28(32)33)8-13(12)2)25-23(34)24-10-14-3-4-16-15(9-14)11-27(22(16)31)18-5-6-20(29)26-21(18)30/h3-4,7-9,18H,5-6,10-11H2,1-2H3,(H2,24,25,34)(H,26,29,30). The summed E-state index contributed by atoms with van der Waals surface area (Å²) in [7, 11) is 0. The maximum atomic E-state index is 12.8. The summed E-state index contributed by atoms with van der Waals surface area (Å²) in [5, 5.41) is 19.8. The van der Waals surface area contributed by atoms with Crippen LogP contribution in [0, 0.1) is 24.0 Å². The largest absolute Gasteiger partial charge is 0.358 e. The molecule has 2 aliphatic heterocycles. The molecule has 2 heterocycles. The number of rotatable bonds is 5. The number of piperidine rings is 1. The fraction of sp³-hybridized carbons (Fsp3) is 0.304. The van der Waals surface area contributed by atoms with Crippen LogP contribution < -0.4 is 16.0 Å². The number of hydrogen-bond acceptors (Lipinski definition) is 6. The van der Waals surface area contributed by atoms with E-state index in [1.165, 1.54) is 11.0 Å². The minimum absolute atomic E-state index is 0.0585. The van der Waals surface area contributed by atoms with Gasteiger partial charge in [0.05, 0.1) is 4.92 Å². The fourth-order valence-electron chi connectivity index (χ4n) is 4.14. The van der Waals surface area contributed by atoms with Crippen molar-refractivity contribution in [3.8, 4) is 0 Å². The molecule has 34 heavy (non-hydrogen) atoms. The minimum Gasteiger partial charge on any atom is -0.358 e. The lowest BCUT2D eigenvalue weighted by Gasteiger charge is -2.29. The van der Waals surface area contributed by atoms with Crippen molar-refractivity contribution >= 4 is 46.4 Å². The third kappa shape index (κ3) is 4.60. The first-order valence-electron chi connectivity index (χ1n) is 10.7. The van der Waals surface area contributed by atoms with Gasteiger partial charge in [-0.2, -0.15) is 0 Å². The summed E-state index contributed by atoms with van der Waals surface area (Å²) in [6.45, 7) is 4.30. The van der Waals surface area contributed by atoms with Gasteiger partial charge in [-0.3, -0.25) is 29.8 Å². The van der Waals surface area contributed by atoms with Crippen LogP contribution in [0.1, 0.15) is 45.5 Å². The number of carbonyl (C=O) groups excluding carboxylic acids is 3. The van der Waals surface area contributed by atoms with Crippen molar-refractivity contribution in [3.63, 3.8) is 0 Å². The van der Waals surface area contributed by atoms with Gasteiger partial charge in [-0.25, -0.2) is 0 Å². The molecule has 1 fully saturated rings. The Balaban J connectivity index is 1.41. The Morgan fingerprint density at radius 2 is 1.94 bits per heavy atom. The number of imide groups is 1. The summed E-state index contributed by atoms with van der Waals surface area (Å²) in [4.78, 5) is 48.8. The summed E-state index contributed by atoms with van der Waals surface area (Å²) in [5.41, 5.74) is 4.14. The molecule has 2 aromatic carbocycles. The zero-order valence-corrected chi connectivity index (χ0v) is 19.5. The van der Waals surface area contributed by atoms with Crippen LogP contribution in [0.15, 0.2) is 30.3 Å². The number of hydrogen-bond donors (Lipinski definition) is 3. The van der Waals surface area contributed by atoms with E-state index in [2.05, 4.69) is 16.0 Å². The van der Waals surface area contributed by atoms with Crippen LogP contribution in [-0.4, -0.2) is 38.7 Å². The highest BCUT2D eigenvalue weighted by atomic mass is 32.1. The molecule has 1 saturated heterocycles. The van der Waals surface area contributed by atoms with E-state index in [1.807, 2.05) is 19.9 Å². The Morgan fingerprint density at radius 3 is 2.65 bits per heavy atom. The number of nitro benzene ring substituents is 1. The second-order valence-corrected chi connectivity index (χ2v) is 8.82. The van der Waals surface area contributed by atoms with Gasteiger partial charge in [-0.15, -0.1) is 0 Å². The average molecular weight is 482 g/mol. The molecule has 4 rings (SSSR count). The summed E-state index contributed by atoms with van der Waals surface area (Å²) < 4.78 is 0. The third-order valence-corrected chi connectivity index (χ3v) is 6.34. The molecule has 10 nitrogen and oxygen atoms in total. The first-order valence-corrected chi connectivity index (χ1v) is 11.1. The average Bonchev–Trinajstić information content (AvgIpc) is 3.10. The summed E-state index contributed by atoms with van der Waals surface area (Å²) in [6, 6.07) is 7.90. The molecule has 3 N–H and O–H groups in total. The van der Waals surface area contributed by atoms with Crippen LogP contribution in [0.25, 0.3) is 0 Å². The third-order valence-electron chi connectivity index (χ3n) is 6.10. The molecule has 0 spiro atoms. The lowest BCUT2D eigenvalue weighted by molar-refractivity contribution is -0.384. The highest BCUT2D eigenvalue weighted by Gasteiger charge is 2.39. The smallest absolute Gasteiger partial charge is 0.293 e. The second-order valence-electron chi connectivity index (χ2n) is 8.41. The quantitative estimate of drug-likeness (QED) is 0.257. The number of carbonyl (C=O) groups is 3. The number of benzene rings is 2. The van der Waals surface area contributed by atoms with Crippen LogP contribution in [0.4, 0.5) is 11.4 Å². The van der Waals surface area contributed by atoms with Gasteiger partial charge in [0.15, 0.2) is 5.11 Å². The molecule has 0 bridgehead atoms. The number of fused-ring (bicyclic) bond motifs is 1. The highest BCUT2D eigenvalue weighted by Crippen LogP contribution is 2.29. The summed E-state index contributed by atoms with van der Waals surface area (Å²) in [6.07, 6.45) is 0.512. The maximum absolute atomic E-state index is 12.8. The van der Waals surface area contributed by atoms with Gasteiger partial charge in [0.2, 0.25) is 11.8 Å². The monoisotopic (exact) mass is 481 g/mol. The molecule has 1 unspecified atom stereocenters. The van der Waals surface area contributed by atoms with Crippen LogP contribution >= 0.6 is 12.2 Å². The fourth-order valence-corrected chi connectivity index (χ4v) is 4.32. The van der Waals surface area contributed by atoms with E-state index in [1.54, 1.807) is 18.2 Å². The van der Waals surface area contributed by atoms with Gasteiger partial charge in [0.25, 0.3) is 11.6 Å². The molecule has 2 aliphatic rings. The normalized spacial score (nSPS) is 17.3. The Labute approximate surface area is 200 Å². The molecular formula is C23H23N5O5S. The number of nitrogens with zero attached hydrogens (tertiary/aromatic N) is 2. The first kappa shape index (κ1) is 23.3. The zero-order valence-electron chi connectivity index (χ0n) is 18.6. The van der Waals surface area contributed by atoms with Gasteiger partial charge in [-0.1, -0.05) is 12.1 Å². The molecule has 0 radical (unpaired) electrons. The van der Waals surface area contributed by atoms with E-state index in [0.29, 0.717) is 24.2 Å². The number of aryl methyl sites for hydroxylation is 2. The molecule has 0 saturated carbocycles. The number of nitro groups is 1. The number of amides is 3. The second kappa shape index (κ2) is 9.18.